The minimum absolute atomic E-state index is 0.0311. The average Bonchev–Trinajstić information content (AvgIpc) is 2.75. The molecule has 6 nitrogen and oxygen atoms in total. The van der Waals surface area contributed by atoms with Crippen LogP contribution in [0.1, 0.15) is 10.5 Å². The SMILES string of the molecule is O=C(O)c1cn(C2=CCOO2)cn1. The van der Waals surface area contributed by atoms with Crippen molar-refractivity contribution >= 4 is 11.9 Å². The van der Waals surface area contributed by atoms with Gasteiger partial charge in [-0.25, -0.2) is 9.78 Å². The second-order valence-electron chi connectivity index (χ2n) is 2.38. The molecule has 1 aromatic heterocycles. The standard InChI is InChI=1S/C7H6N2O4/c10-7(11)5-3-9(4-8-5)6-1-2-12-13-6/h1,3-4H,2H2,(H,10,11). The molecule has 0 radical (unpaired) electrons. The van der Waals surface area contributed by atoms with E-state index in [1.54, 1.807) is 6.08 Å². The average molecular weight is 182 g/mol. The molecule has 6 heteroatoms. The van der Waals surface area contributed by atoms with Gasteiger partial charge in [-0.1, -0.05) is 0 Å². The second-order valence-corrected chi connectivity index (χ2v) is 2.38. The molecule has 1 aliphatic rings. The molecule has 0 atom stereocenters. The Kier molecular flexibility index (Phi) is 1.75. The highest BCUT2D eigenvalue weighted by Gasteiger charge is 2.12. The Hall–Kier alpha value is -1.82. The Balaban J connectivity index is 2.27. The lowest BCUT2D eigenvalue weighted by Crippen LogP contribution is -1.96. The smallest absolute Gasteiger partial charge is 0.356 e. The minimum Gasteiger partial charge on any atom is -0.476 e. The minimum atomic E-state index is -1.07. The molecule has 0 saturated heterocycles. The molecule has 1 N–H and O–H groups in total. The summed E-state index contributed by atoms with van der Waals surface area (Å²) >= 11 is 0. The van der Waals surface area contributed by atoms with Gasteiger partial charge in [0.2, 0.25) is 5.88 Å². The molecular formula is C7H6N2O4. The van der Waals surface area contributed by atoms with Crippen LogP contribution in [-0.2, 0) is 9.78 Å². The van der Waals surface area contributed by atoms with Gasteiger partial charge >= 0.3 is 5.97 Å². The molecular weight excluding hydrogens is 176 g/mol. The summed E-state index contributed by atoms with van der Waals surface area (Å²) in [5.41, 5.74) is -0.0311. The summed E-state index contributed by atoms with van der Waals surface area (Å²) in [6.45, 7) is 0.357. The van der Waals surface area contributed by atoms with E-state index in [4.69, 9.17) is 9.99 Å². The maximum Gasteiger partial charge on any atom is 0.356 e. The fourth-order valence-electron chi connectivity index (χ4n) is 0.936. The zero-order chi connectivity index (χ0) is 9.26. The first-order valence-electron chi connectivity index (χ1n) is 3.54. The van der Waals surface area contributed by atoms with Crippen LogP contribution in [0.3, 0.4) is 0 Å². The van der Waals surface area contributed by atoms with E-state index in [-0.39, 0.29) is 5.69 Å². The normalized spacial score (nSPS) is 15.2. The van der Waals surface area contributed by atoms with Crippen LogP contribution in [0.2, 0.25) is 0 Å². The summed E-state index contributed by atoms with van der Waals surface area (Å²) in [6, 6.07) is 0. The summed E-state index contributed by atoms with van der Waals surface area (Å²) < 4.78 is 1.44. The monoisotopic (exact) mass is 182 g/mol. The number of aromatic carboxylic acids is 1. The van der Waals surface area contributed by atoms with Crippen LogP contribution in [0.15, 0.2) is 18.6 Å². The Morgan fingerprint density at radius 2 is 2.54 bits per heavy atom. The maximum absolute atomic E-state index is 10.5. The Morgan fingerprint density at radius 3 is 3.08 bits per heavy atom. The topological polar surface area (TPSA) is 73.6 Å². The number of hydrogen-bond acceptors (Lipinski definition) is 4. The van der Waals surface area contributed by atoms with Crippen LogP contribution in [0.4, 0.5) is 0 Å². The second kappa shape index (κ2) is 2.91. The lowest BCUT2D eigenvalue weighted by molar-refractivity contribution is -0.213. The first-order chi connectivity index (χ1) is 6.27. The van der Waals surface area contributed by atoms with Crippen LogP contribution in [0.25, 0.3) is 5.88 Å². The molecule has 0 aromatic carbocycles. The van der Waals surface area contributed by atoms with Crippen LogP contribution in [-0.4, -0.2) is 27.2 Å². The number of aromatic nitrogens is 2. The molecule has 0 bridgehead atoms. The fourth-order valence-corrected chi connectivity index (χ4v) is 0.936. The Morgan fingerprint density at radius 1 is 1.69 bits per heavy atom. The summed E-state index contributed by atoms with van der Waals surface area (Å²) in [4.78, 5) is 23.4. The van der Waals surface area contributed by atoms with E-state index in [1.807, 2.05) is 0 Å². The maximum atomic E-state index is 10.5. The van der Waals surface area contributed by atoms with Gasteiger partial charge in [0.05, 0.1) is 0 Å². The highest BCUT2D eigenvalue weighted by molar-refractivity contribution is 5.85. The van der Waals surface area contributed by atoms with Crippen molar-refractivity contribution < 1.29 is 19.7 Å². The summed E-state index contributed by atoms with van der Waals surface area (Å²) in [5, 5.41) is 8.57. The Bertz CT molecular complexity index is 368. The molecule has 0 fully saturated rings. The third-order valence-corrected chi connectivity index (χ3v) is 1.53. The van der Waals surface area contributed by atoms with Gasteiger partial charge in [-0.2, -0.15) is 4.89 Å². The first-order valence-corrected chi connectivity index (χ1v) is 3.54. The predicted molar refractivity (Wildman–Crippen MR) is 40.5 cm³/mol. The number of carbonyl (C=O) groups is 1. The lowest BCUT2D eigenvalue weighted by Gasteiger charge is -1.98. The largest absolute Gasteiger partial charge is 0.476 e. The van der Waals surface area contributed by atoms with Gasteiger partial charge in [0.15, 0.2) is 5.69 Å². The number of carboxylic acid groups (broad SMARTS) is 1. The molecule has 0 spiro atoms. The van der Waals surface area contributed by atoms with Gasteiger partial charge in [0, 0.05) is 12.3 Å². The van der Waals surface area contributed by atoms with E-state index in [1.165, 1.54) is 17.1 Å². The third kappa shape index (κ3) is 1.38. The number of hydrogen-bond donors (Lipinski definition) is 1. The van der Waals surface area contributed by atoms with Crippen molar-refractivity contribution in [2.45, 2.75) is 0 Å². The molecule has 1 aliphatic heterocycles. The van der Waals surface area contributed by atoms with Crippen molar-refractivity contribution in [2.24, 2.45) is 0 Å². The van der Waals surface area contributed by atoms with E-state index in [0.717, 1.165) is 0 Å². The van der Waals surface area contributed by atoms with Crippen molar-refractivity contribution in [1.82, 2.24) is 9.55 Å². The molecule has 0 saturated carbocycles. The Labute approximate surface area is 72.9 Å². The van der Waals surface area contributed by atoms with Gasteiger partial charge in [-0.3, -0.25) is 4.57 Å². The zero-order valence-electron chi connectivity index (χ0n) is 6.51. The van der Waals surface area contributed by atoms with Gasteiger partial charge in [-0.15, -0.1) is 0 Å². The van der Waals surface area contributed by atoms with Gasteiger partial charge in [0.25, 0.3) is 0 Å². The van der Waals surface area contributed by atoms with E-state index >= 15 is 0 Å². The van der Waals surface area contributed by atoms with Crippen molar-refractivity contribution in [3.63, 3.8) is 0 Å². The molecule has 0 unspecified atom stereocenters. The van der Waals surface area contributed by atoms with Gasteiger partial charge in [0.1, 0.15) is 12.9 Å². The molecule has 0 amide bonds. The lowest BCUT2D eigenvalue weighted by atomic mass is 10.5. The molecule has 13 heavy (non-hydrogen) atoms. The first kappa shape index (κ1) is 7.81. The molecule has 0 aliphatic carbocycles. The zero-order valence-corrected chi connectivity index (χ0v) is 6.51. The number of carboxylic acids is 1. The number of imidazole rings is 1. The molecule has 68 valence electrons. The van der Waals surface area contributed by atoms with Crippen molar-refractivity contribution in [3.8, 4) is 0 Å². The van der Waals surface area contributed by atoms with E-state index in [2.05, 4.69) is 9.87 Å². The third-order valence-electron chi connectivity index (χ3n) is 1.53. The van der Waals surface area contributed by atoms with Crippen LogP contribution < -0.4 is 0 Å². The van der Waals surface area contributed by atoms with Crippen molar-refractivity contribution in [3.05, 3.63) is 24.3 Å². The summed E-state index contributed by atoms with van der Waals surface area (Å²) in [6.07, 6.45) is 4.38. The van der Waals surface area contributed by atoms with Gasteiger partial charge in [-0.05, 0) is 0 Å². The van der Waals surface area contributed by atoms with Crippen LogP contribution >= 0.6 is 0 Å². The summed E-state index contributed by atoms with van der Waals surface area (Å²) in [5.74, 6) is -0.640. The summed E-state index contributed by atoms with van der Waals surface area (Å²) in [7, 11) is 0. The molecule has 2 rings (SSSR count). The fraction of sp³-hybridized carbons (Fsp3) is 0.143. The van der Waals surface area contributed by atoms with Crippen molar-refractivity contribution in [2.75, 3.05) is 6.61 Å². The molecule has 1 aromatic rings. The van der Waals surface area contributed by atoms with E-state index in [0.29, 0.717) is 12.5 Å². The number of rotatable bonds is 2. The predicted octanol–water partition coefficient (Wildman–Crippen LogP) is 0.341. The van der Waals surface area contributed by atoms with Gasteiger partial charge < -0.3 is 9.99 Å². The highest BCUT2D eigenvalue weighted by atomic mass is 17.2. The van der Waals surface area contributed by atoms with Crippen LogP contribution in [0.5, 0.6) is 0 Å². The number of nitrogens with zero attached hydrogens (tertiary/aromatic N) is 2. The highest BCUT2D eigenvalue weighted by Crippen LogP contribution is 2.13. The van der Waals surface area contributed by atoms with E-state index < -0.39 is 5.97 Å². The molecule has 2 heterocycles. The quantitative estimate of drug-likeness (QED) is 0.667. The van der Waals surface area contributed by atoms with Crippen molar-refractivity contribution in [1.29, 1.82) is 0 Å². The van der Waals surface area contributed by atoms with E-state index in [9.17, 15) is 4.79 Å². The van der Waals surface area contributed by atoms with Crippen LogP contribution in [0, 0.1) is 0 Å².